The van der Waals surface area contributed by atoms with Crippen LogP contribution in [0, 0.1) is 17.8 Å². The maximum absolute atomic E-state index is 12.1. The van der Waals surface area contributed by atoms with Crippen molar-refractivity contribution in [3.05, 3.63) is 21.9 Å². The predicted octanol–water partition coefficient (Wildman–Crippen LogP) is 1.90. The predicted molar refractivity (Wildman–Crippen MR) is 83.0 cm³/mol. The first kappa shape index (κ1) is 17.2. The summed E-state index contributed by atoms with van der Waals surface area (Å²) in [5.74, 6) is 5.95. The molecule has 112 valence electrons. The highest BCUT2D eigenvalue weighted by Gasteiger charge is 2.18. The van der Waals surface area contributed by atoms with E-state index in [9.17, 15) is 8.42 Å². The Labute approximate surface area is 125 Å². The maximum atomic E-state index is 12.1. The molecular formula is C14H21NO3S2. The first-order valence-corrected chi connectivity index (χ1v) is 8.95. The van der Waals surface area contributed by atoms with Gasteiger partial charge in [0, 0.05) is 13.6 Å². The van der Waals surface area contributed by atoms with Gasteiger partial charge in [-0.05, 0) is 29.3 Å². The number of aliphatic hydroxyl groups excluding tert-OH is 1. The lowest BCUT2D eigenvalue weighted by Crippen LogP contribution is -2.29. The first-order valence-electron chi connectivity index (χ1n) is 6.46. The van der Waals surface area contributed by atoms with E-state index < -0.39 is 10.0 Å². The monoisotopic (exact) mass is 315 g/mol. The molecule has 1 heterocycles. The molecule has 1 N–H and O–H groups in total. The lowest BCUT2D eigenvalue weighted by molar-refractivity contribution is 0.350. The molecule has 0 saturated heterocycles. The maximum Gasteiger partial charge on any atom is 0.214 e. The summed E-state index contributed by atoms with van der Waals surface area (Å²) in [6, 6.07) is 1.86. The molecule has 0 radical (unpaired) electrons. The van der Waals surface area contributed by atoms with Crippen molar-refractivity contribution in [2.75, 3.05) is 19.4 Å². The lowest BCUT2D eigenvalue weighted by atomic mass is 10.2. The van der Waals surface area contributed by atoms with Crippen molar-refractivity contribution in [2.45, 2.75) is 26.8 Å². The summed E-state index contributed by atoms with van der Waals surface area (Å²) in [5.41, 5.74) is 0.924. The van der Waals surface area contributed by atoms with E-state index in [1.807, 2.05) is 25.3 Å². The third-order valence-corrected chi connectivity index (χ3v) is 5.50. The van der Waals surface area contributed by atoms with Crippen molar-refractivity contribution < 1.29 is 13.5 Å². The quantitative estimate of drug-likeness (QED) is 0.816. The van der Waals surface area contributed by atoms with Crippen molar-refractivity contribution >= 4 is 21.4 Å². The Morgan fingerprint density at radius 2 is 2.15 bits per heavy atom. The number of nitrogens with zero attached hydrogens (tertiary/aromatic N) is 1. The number of hydrogen-bond donors (Lipinski definition) is 1. The molecule has 0 aliphatic carbocycles. The van der Waals surface area contributed by atoms with Crippen LogP contribution in [0.3, 0.4) is 0 Å². The van der Waals surface area contributed by atoms with E-state index >= 15 is 0 Å². The highest BCUT2D eigenvalue weighted by atomic mass is 32.2. The number of hydrogen-bond acceptors (Lipinski definition) is 4. The molecule has 0 fully saturated rings. The molecule has 0 aliphatic rings. The summed E-state index contributed by atoms with van der Waals surface area (Å²) in [4.78, 5) is 0.835. The molecule has 0 aromatic carbocycles. The van der Waals surface area contributed by atoms with Gasteiger partial charge in [-0.1, -0.05) is 25.7 Å². The third-order valence-electron chi connectivity index (χ3n) is 2.78. The van der Waals surface area contributed by atoms with Gasteiger partial charge in [0.2, 0.25) is 10.0 Å². The Balaban J connectivity index is 2.65. The standard InChI is InChI=1S/C14H21NO3S2/c1-12(2)6-8-20(17,18)15(3)10-13-9-14(19-11-13)5-4-7-16/h9,11-12,16H,6-8,10H2,1-3H3. The number of rotatable bonds is 6. The van der Waals surface area contributed by atoms with Gasteiger partial charge in [0.05, 0.1) is 10.6 Å². The normalized spacial score (nSPS) is 11.7. The second-order valence-corrected chi connectivity index (χ2v) is 8.14. The van der Waals surface area contributed by atoms with Gasteiger partial charge in [-0.3, -0.25) is 0 Å². The fraction of sp³-hybridized carbons (Fsp3) is 0.571. The molecular weight excluding hydrogens is 294 g/mol. The second-order valence-electron chi connectivity index (χ2n) is 5.03. The van der Waals surface area contributed by atoms with Gasteiger partial charge in [-0.25, -0.2) is 12.7 Å². The van der Waals surface area contributed by atoms with Crippen LogP contribution in [0.1, 0.15) is 30.7 Å². The smallest absolute Gasteiger partial charge is 0.214 e. The summed E-state index contributed by atoms with van der Waals surface area (Å²) >= 11 is 1.45. The van der Waals surface area contributed by atoms with Crippen LogP contribution in [-0.2, 0) is 16.6 Å². The molecule has 1 rings (SSSR count). The van der Waals surface area contributed by atoms with Crippen LogP contribution in [0.15, 0.2) is 11.4 Å². The summed E-state index contributed by atoms with van der Waals surface area (Å²) in [6.07, 6.45) is 0.670. The van der Waals surface area contributed by atoms with Gasteiger partial charge in [0.15, 0.2) is 0 Å². The van der Waals surface area contributed by atoms with Gasteiger partial charge >= 0.3 is 0 Å². The largest absolute Gasteiger partial charge is 0.384 e. The zero-order valence-electron chi connectivity index (χ0n) is 12.1. The zero-order chi connectivity index (χ0) is 15.2. The molecule has 0 unspecified atom stereocenters. The highest BCUT2D eigenvalue weighted by molar-refractivity contribution is 7.89. The van der Waals surface area contributed by atoms with Crippen molar-refractivity contribution in [3.8, 4) is 11.8 Å². The minimum absolute atomic E-state index is 0.170. The van der Waals surface area contributed by atoms with Gasteiger partial charge in [0.1, 0.15) is 6.61 Å². The number of thiophene rings is 1. The minimum atomic E-state index is -3.20. The van der Waals surface area contributed by atoms with E-state index in [0.717, 1.165) is 10.4 Å². The Bertz CT molecular complexity index is 579. The van der Waals surface area contributed by atoms with E-state index in [1.165, 1.54) is 15.6 Å². The van der Waals surface area contributed by atoms with Crippen LogP contribution in [0.25, 0.3) is 0 Å². The Hall–Kier alpha value is -0.870. The molecule has 0 atom stereocenters. The topological polar surface area (TPSA) is 57.6 Å². The second kappa shape index (κ2) is 7.79. The third kappa shape index (κ3) is 5.63. The van der Waals surface area contributed by atoms with Crippen LogP contribution in [-0.4, -0.2) is 37.2 Å². The van der Waals surface area contributed by atoms with E-state index in [2.05, 4.69) is 11.8 Å². The average molecular weight is 315 g/mol. The van der Waals surface area contributed by atoms with Gasteiger partial charge < -0.3 is 5.11 Å². The summed E-state index contributed by atoms with van der Waals surface area (Å²) in [7, 11) is -1.60. The Morgan fingerprint density at radius 3 is 2.75 bits per heavy atom. The van der Waals surface area contributed by atoms with Crippen LogP contribution >= 0.6 is 11.3 Å². The van der Waals surface area contributed by atoms with Crippen LogP contribution in [0.2, 0.25) is 0 Å². The van der Waals surface area contributed by atoms with Crippen molar-refractivity contribution in [3.63, 3.8) is 0 Å². The van der Waals surface area contributed by atoms with Gasteiger partial charge in [-0.2, -0.15) is 0 Å². The molecule has 0 aliphatic heterocycles. The molecule has 20 heavy (non-hydrogen) atoms. The average Bonchev–Trinajstić information content (AvgIpc) is 2.81. The first-order chi connectivity index (χ1) is 9.35. The van der Waals surface area contributed by atoms with E-state index in [0.29, 0.717) is 18.9 Å². The SMILES string of the molecule is CC(C)CCS(=O)(=O)N(C)Cc1csc(C#CCO)c1. The number of sulfonamides is 1. The molecule has 0 amide bonds. The molecule has 4 nitrogen and oxygen atoms in total. The van der Waals surface area contributed by atoms with Crippen LogP contribution in [0.4, 0.5) is 0 Å². The molecule has 0 spiro atoms. The lowest BCUT2D eigenvalue weighted by Gasteiger charge is -2.17. The molecule has 1 aromatic rings. The van der Waals surface area contributed by atoms with E-state index in [4.69, 9.17) is 5.11 Å². The molecule has 0 saturated carbocycles. The van der Waals surface area contributed by atoms with E-state index in [1.54, 1.807) is 7.05 Å². The molecule has 0 bridgehead atoms. The molecule has 6 heteroatoms. The Morgan fingerprint density at radius 1 is 1.45 bits per heavy atom. The summed E-state index contributed by atoms with van der Waals surface area (Å²) in [6.45, 7) is 4.22. The zero-order valence-corrected chi connectivity index (χ0v) is 13.7. The summed E-state index contributed by atoms with van der Waals surface area (Å²) in [5, 5.41) is 10.5. The Kier molecular flexibility index (Phi) is 6.69. The number of aliphatic hydroxyl groups is 1. The van der Waals surface area contributed by atoms with E-state index in [-0.39, 0.29) is 12.4 Å². The van der Waals surface area contributed by atoms with Crippen LogP contribution < -0.4 is 0 Å². The highest BCUT2D eigenvalue weighted by Crippen LogP contribution is 2.17. The van der Waals surface area contributed by atoms with Crippen LogP contribution in [0.5, 0.6) is 0 Å². The van der Waals surface area contributed by atoms with Gasteiger partial charge in [0.25, 0.3) is 0 Å². The fourth-order valence-corrected chi connectivity index (χ4v) is 3.74. The minimum Gasteiger partial charge on any atom is -0.384 e. The van der Waals surface area contributed by atoms with Crippen molar-refractivity contribution in [2.24, 2.45) is 5.92 Å². The van der Waals surface area contributed by atoms with Gasteiger partial charge in [-0.15, -0.1) is 11.3 Å². The van der Waals surface area contributed by atoms with Crippen molar-refractivity contribution in [1.29, 1.82) is 0 Å². The summed E-state index contributed by atoms with van der Waals surface area (Å²) < 4.78 is 25.6. The fourth-order valence-electron chi connectivity index (χ4n) is 1.55. The van der Waals surface area contributed by atoms with Crippen molar-refractivity contribution in [1.82, 2.24) is 4.31 Å². The molecule has 1 aromatic heterocycles.